The van der Waals surface area contributed by atoms with Crippen molar-refractivity contribution in [1.29, 1.82) is 0 Å². The highest BCUT2D eigenvalue weighted by Gasteiger charge is 2.13. The lowest BCUT2D eigenvalue weighted by atomic mass is 10.1. The van der Waals surface area contributed by atoms with E-state index >= 15 is 0 Å². The predicted molar refractivity (Wildman–Crippen MR) is 72.1 cm³/mol. The second-order valence-corrected chi connectivity index (χ2v) is 5.48. The summed E-state index contributed by atoms with van der Waals surface area (Å²) in [5.41, 5.74) is 0.934. The van der Waals surface area contributed by atoms with Crippen LogP contribution in [-0.2, 0) is 17.9 Å². The molecule has 0 radical (unpaired) electrons. The fraction of sp³-hybridized carbons (Fsp3) is 0.692. The number of amides is 1. The van der Waals surface area contributed by atoms with Gasteiger partial charge in [-0.05, 0) is 27.2 Å². The van der Waals surface area contributed by atoms with E-state index in [9.17, 15) is 4.79 Å². The van der Waals surface area contributed by atoms with Crippen molar-refractivity contribution in [3.05, 3.63) is 18.2 Å². The molecule has 0 aliphatic rings. The molecule has 18 heavy (non-hydrogen) atoms. The Morgan fingerprint density at radius 3 is 2.78 bits per heavy atom. The molecule has 1 amide bonds. The van der Waals surface area contributed by atoms with Crippen molar-refractivity contribution in [3.63, 3.8) is 0 Å². The fourth-order valence-corrected chi connectivity index (χ4v) is 1.70. The zero-order chi connectivity index (χ0) is 13.6. The number of hydrogen-bond donors (Lipinski definition) is 2. The van der Waals surface area contributed by atoms with Crippen LogP contribution in [0.15, 0.2) is 12.5 Å². The van der Waals surface area contributed by atoms with Crippen LogP contribution in [0.3, 0.4) is 0 Å². The van der Waals surface area contributed by atoms with Crippen molar-refractivity contribution >= 4 is 5.91 Å². The Labute approximate surface area is 109 Å². The molecule has 5 nitrogen and oxygen atoms in total. The molecule has 0 unspecified atom stereocenters. The minimum Gasteiger partial charge on any atom is -0.350 e. The molecule has 0 saturated heterocycles. The lowest BCUT2D eigenvalue weighted by Gasteiger charge is -2.20. The smallest absolute Gasteiger partial charge is 0.234 e. The van der Waals surface area contributed by atoms with Crippen LogP contribution in [0.25, 0.3) is 0 Å². The highest BCUT2D eigenvalue weighted by Crippen LogP contribution is 2.00. The summed E-state index contributed by atoms with van der Waals surface area (Å²) >= 11 is 0. The quantitative estimate of drug-likeness (QED) is 0.802. The minimum atomic E-state index is -0.178. The normalized spacial score (nSPS) is 11.6. The molecule has 2 N–H and O–H groups in total. The van der Waals surface area contributed by atoms with Crippen molar-refractivity contribution in [2.75, 3.05) is 6.54 Å². The molecule has 5 heteroatoms. The summed E-state index contributed by atoms with van der Waals surface area (Å²) in [6.07, 6.45) is 4.74. The number of aromatic nitrogens is 2. The molecule has 0 bridgehead atoms. The molecule has 0 spiro atoms. The van der Waals surface area contributed by atoms with E-state index in [1.807, 2.05) is 33.3 Å². The summed E-state index contributed by atoms with van der Waals surface area (Å²) in [7, 11) is 0. The number of carbonyl (C=O) groups excluding carboxylic acids is 1. The van der Waals surface area contributed by atoms with Crippen LogP contribution < -0.4 is 10.6 Å². The van der Waals surface area contributed by atoms with Gasteiger partial charge in [-0.25, -0.2) is 4.98 Å². The Morgan fingerprint density at radius 1 is 1.44 bits per heavy atom. The van der Waals surface area contributed by atoms with Gasteiger partial charge in [-0.2, -0.15) is 0 Å². The molecule has 0 fully saturated rings. The van der Waals surface area contributed by atoms with Crippen molar-refractivity contribution in [3.8, 4) is 0 Å². The van der Waals surface area contributed by atoms with E-state index in [4.69, 9.17) is 0 Å². The van der Waals surface area contributed by atoms with Crippen LogP contribution in [0.4, 0.5) is 0 Å². The molecule has 102 valence electrons. The molecule has 0 atom stereocenters. The Morgan fingerprint density at radius 2 is 2.17 bits per heavy atom. The number of hydrogen-bond acceptors (Lipinski definition) is 3. The average Bonchev–Trinajstić information content (AvgIpc) is 2.64. The van der Waals surface area contributed by atoms with Crippen molar-refractivity contribution in [2.24, 2.45) is 0 Å². The topological polar surface area (TPSA) is 59.0 Å². The average molecular weight is 252 g/mol. The van der Waals surface area contributed by atoms with Crippen LogP contribution in [-0.4, -0.2) is 27.5 Å². The van der Waals surface area contributed by atoms with Gasteiger partial charge in [-0.3, -0.25) is 4.79 Å². The number of imidazole rings is 1. The molecule has 1 heterocycles. The minimum absolute atomic E-state index is 0.0176. The SMILES string of the molecule is CCCn1cncc1CNCC(=O)NC(C)(C)C. The lowest BCUT2D eigenvalue weighted by Crippen LogP contribution is -2.44. The monoisotopic (exact) mass is 252 g/mol. The van der Waals surface area contributed by atoms with E-state index in [-0.39, 0.29) is 11.4 Å². The van der Waals surface area contributed by atoms with Crippen LogP contribution >= 0.6 is 0 Å². The summed E-state index contributed by atoms with van der Waals surface area (Å²) in [6.45, 7) is 10.0. The lowest BCUT2D eigenvalue weighted by molar-refractivity contribution is -0.121. The van der Waals surface area contributed by atoms with Gasteiger partial charge in [0.2, 0.25) is 5.91 Å². The van der Waals surface area contributed by atoms with Gasteiger partial charge in [0.05, 0.1) is 18.6 Å². The van der Waals surface area contributed by atoms with E-state index in [0.717, 1.165) is 18.7 Å². The zero-order valence-corrected chi connectivity index (χ0v) is 11.8. The second kappa shape index (κ2) is 6.54. The number of aryl methyl sites for hydroxylation is 1. The van der Waals surface area contributed by atoms with E-state index in [2.05, 4.69) is 27.1 Å². The summed E-state index contributed by atoms with van der Waals surface area (Å²) < 4.78 is 2.11. The van der Waals surface area contributed by atoms with E-state index < -0.39 is 0 Å². The van der Waals surface area contributed by atoms with Gasteiger partial charge < -0.3 is 15.2 Å². The maximum absolute atomic E-state index is 11.6. The predicted octanol–water partition coefficient (Wildman–Crippen LogP) is 1.30. The van der Waals surface area contributed by atoms with E-state index in [0.29, 0.717) is 13.1 Å². The van der Waals surface area contributed by atoms with Crippen LogP contribution in [0, 0.1) is 0 Å². The maximum atomic E-state index is 11.6. The molecule has 1 aromatic heterocycles. The Kier molecular flexibility index (Phi) is 5.34. The van der Waals surface area contributed by atoms with Gasteiger partial charge in [0.15, 0.2) is 0 Å². The van der Waals surface area contributed by atoms with Crippen LogP contribution in [0.1, 0.15) is 39.8 Å². The van der Waals surface area contributed by atoms with Gasteiger partial charge in [-0.1, -0.05) is 6.92 Å². The van der Waals surface area contributed by atoms with Gasteiger partial charge in [0.25, 0.3) is 0 Å². The van der Waals surface area contributed by atoms with E-state index in [1.54, 1.807) is 0 Å². The summed E-state index contributed by atoms with van der Waals surface area (Å²) in [4.78, 5) is 15.7. The second-order valence-electron chi connectivity index (χ2n) is 5.48. The fourth-order valence-electron chi connectivity index (χ4n) is 1.70. The highest BCUT2D eigenvalue weighted by molar-refractivity contribution is 5.78. The third kappa shape index (κ3) is 5.31. The number of rotatable bonds is 6. The highest BCUT2D eigenvalue weighted by atomic mass is 16.2. The van der Waals surface area contributed by atoms with Crippen LogP contribution in [0.5, 0.6) is 0 Å². The molecule has 0 aromatic carbocycles. The number of nitrogens with zero attached hydrogens (tertiary/aromatic N) is 2. The van der Waals surface area contributed by atoms with Crippen molar-refractivity contribution in [2.45, 2.75) is 52.7 Å². The van der Waals surface area contributed by atoms with Crippen molar-refractivity contribution in [1.82, 2.24) is 20.2 Å². The molecular formula is C13H24N4O. The number of nitrogens with one attached hydrogen (secondary N) is 2. The largest absolute Gasteiger partial charge is 0.350 e. The third-order valence-corrected chi connectivity index (χ3v) is 2.37. The molecular weight excluding hydrogens is 228 g/mol. The summed E-state index contributed by atoms with van der Waals surface area (Å²) in [6, 6.07) is 0. The van der Waals surface area contributed by atoms with Crippen molar-refractivity contribution < 1.29 is 4.79 Å². The summed E-state index contributed by atoms with van der Waals surface area (Å²) in [5, 5.41) is 6.05. The zero-order valence-electron chi connectivity index (χ0n) is 11.8. The first-order valence-electron chi connectivity index (χ1n) is 6.43. The van der Waals surface area contributed by atoms with E-state index in [1.165, 1.54) is 0 Å². The molecule has 0 saturated carbocycles. The summed E-state index contributed by atoms with van der Waals surface area (Å²) in [5.74, 6) is 0.0176. The maximum Gasteiger partial charge on any atom is 0.234 e. The molecule has 0 aliphatic carbocycles. The van der Waals surface area contributed by atoms with Gasteiger partial charge in [0.1, 0.15) is 0 Å². The number of carbonyl (C=O) groups is 1. The molecule has 0 aliphatic heterocycles. The van der Waals surface area contributed by atoms with Gasteiger partial charge in [0, 0.05) is 24.8 Å². The first kappa shape index (κ1) is 14.7. The van der Waals surface area contributed by atoms with Gasteiger partial charge >= 0.3 is 0 Å². The Balaban J connectivity index is 2.33. The molecule has 1 aromatic rings. The van der Waals surface area contributed by atoms with Crippen LogP contribution in [0.2, 0.25) is 0 Å². The van der Waals surface area contributed by atoms with Gasteiger partial charge in [-0.15, -0.1) is 0 Å². The Hall–Kier alpha value is -1.36. The third-order valence-electron chi connectivity index (χ3n) is 2.37. The first-order valence-corrected chi connectivity index (χ1v) is 6.43. The standard InChI is InChI=1S/C13H24N4O/c1-5-6-17-10-15-8-11(17)7-14-9-12(18)16-13(2,3)4/h8,10,14H,5-7,9H2,1-4H3,(H,16,18). The Bertz CT molecular complexity index is 379. The first-order chi connectivity index (χ1) is 8.42. The molecule has 1 rings (SSSR count).